The van der Waals surface area contributed by atoms with Gasteiger partial charge in [0.25, 0.3) is 0 Å². The molecule has 1 N–H and O–H groups in total. The van der Waals surface area contributed by atoms with Gasteiger partial charge in [0.2, 0.25) is 11.7 Å². The Bertz CT molecular complexity index is 579. The number of ketones is 1. The van der Waals surface area contributed by atoms with E-state index >= 15 is 0 Å². The first-order valence-electron chi connectivity index (χ1n) is 5.20. The molecular formula is C11H12N4O3. The van der Waals surface area contributed by atoms with Gasteiger partial charge in [-0.3, -0.25) is 9.48 Å². The number of carbonyl (C=O) groups is 1. The van der Waals surface area contributed by atoms with E-state index in [-0.39, 0.29) is 5.69 Å². The molecule has 2 rings (SSSR count). The average molecular weight is 248 g/mol. The maximum Gasteiger partial charge on any atom is 0.240 e. The molecular weight excluding hydrogens is 236 g/mol. The molecule has 0 unspecified atom stereocenters. The highest BCUT2D eigenvalue weighted by Crippen LogP contribution is 2.28. The molecule has 0 radical (unpaired) electrons. The Kier molecular flexibility index (Phi) is 3.33. The molecule has 7 nitrogen and oxygen atoms in total. The second-order valence-electron chi connectivity index (χ2n) is 3.53. The molecule has 0 saturated carbocycles. The van der Waals surface area contributed by atoms with Gasteiger partial charge >= 0.3 is 0 Å². The van der Waals surface area contributed by atoms with E-state index in [9.17, 15) is 4.79 Å². The summed E-state index contributed by atoms with van der Waals surface area (Å²) in [6.45, 7) is -0.588. The number of aromatic nitrogens is 4. The predicted octanol–water partition coefficient (Wildman–Crippen LogP) is 0.0607. The highest BCUT2D eigenvalue weighted by molar-refractivity contribution is 6.01. The second kappa shape index (κ2) is 4.92. The van der Waals surface area contributed by atoms with E-state index in [1.165, 1.54) is 30.4 Å². The van der Waals surface area contributed by atoms with E-state index in [4.69, 9.17) is 9.84 Å². The first kappa shape index (κ1) is 12.2. The number of Topliss-reactive ketones (excluding diaryl/α,β-unsaturated/α-hetero) is 1. The van der Waals surface area contributed by atoms with Gasteiger partial charge in [0.15, 0.2) is 0 Å². The van der Waals surface area contributed by atoms with Crippen LogP contribution in [0.2, 0.25) is 0 Å². The molecule has 0 fully saturated rings. The standard InChI is InChI=1S/C11H12N4O3/c1-15-10(8(17)6-16)7(5-14-15)9-11(18-2)13-4-3-12-9/h3-5,16H,6H2,1-2H3. The number of hydrogen-bond acceptors (Lipinski definition) is 6. The van der Waals surface area contributed by atoms with Crippen LogP contribution in [0.4, 0.5) is 0 Å². The lowest BCUT2D eigenvalue weighted by atomic mass is 10.1. The molecule has 18 heavy (non-hydrogen) atoms. The molecule has 7 heteroatoms. The first-order valence-corrected chi connectivity index (χ1v) is 5.20. The number of ether oxygens (including phenoxy) is 1. The molecule has 0 aliphatic heterocycles. The number of hydrogen-bond donors (Lipinski definition) is 1. The zero-order chi connectivity index (χ0) is 13.1. The van der Waals surface area contributed by atoms with Gasteiger partial charge in [-0.15, -0.1) is 0 Å². The van der Waals surface area contributed by atoms with Gasteiger partial charge in [-0.25, -0.2) is 9.97 Å². The molecule has 0 aliphatic carbocycles. The minimum absolute atomic E-state index is 0.274. The Labute approximate surface area is 103 Å². The third-order valence-corrected chi connectivity index (χ3v) is 2.46. The van der Waals surface area contributed by atoms with Crippen molar-refractivity contribution in [2.24, 2.45) is 7.05 Å². The number of aryl methyl sites for hydroxylation is 1. The predicted molar refractivity (Wildman–Crippen MR) is 62.2 cm³/mol. The van der Waals surface area contributed by atoms with Gasteiger partial charge in [-0.1, -0.05) is 0 Å². The van der Waals surface area contributed by atoms with Crippen molar-refractivity contribution in [1.29, 1.82) is 0 Å². The summed E-state index contributed by atoms with van der Waals surface area (Å²) in [5.41, 5.74) is 1.18. The van der Waals surface area contributed by atoms with Crippen molar-refractivity contribution < 1.29 is 14.6 Å². The van der Waals surface area contributed by atoms with Crippen LogP contribution in [0.15, 0.2) is 18.6 Å². The third kappa shape index (κ3) is 1.95. The zero-order valence-electron chi connectivity index (χ0n) is 9.99. The number of rotatable bonds is 4. The number of carbonyl (C=O) groups excluding carboxylic acids is 1. The minimum atomic E-state index is -0.588. The molecule has 2 aromatic heterocycles. The van der Waals surface area contributed by atoms with Crippen LogP contribution in [0.25, 0.3) is 11.3 Å². The summed E-state index contributed by atoms with van der Waals surface area (Å²) in [6, 6.07) is 0. The van der Waals surface area contributed by atoms with Crippen molar-refractivity contribution in [1.82, 2.24) is 19.7 Å². The van der Waals surface area contributed by atoms with Gasteiger partial charge in [-0.2, -0.15) is 5.10 Å². The summed E-state index contributed by atoms with van der Waals surface area (Å²) in [5.74, 6) is -0.129. The van der Waals surface area contributed by atoms with Gasteiger partial charge in [0, 0.05) is 19.4 Å². The normalized spacial score (nSPS) is 10.4. The Hall–Kier alpha value is -2.28. The van der Waals surface area contributed by atoms with E-state index in [1.807, 2.05) is 0 Å². The van der Waals surface area contributed by atoms with Crippen LogP contribution in [-0.4, -0.2) is 44.4 Å². The molecule has 2 aromatic rings. The molecule has 0 amide bonds. The fourth-order valence-electron chi connectivity index (χ4n) is 1.68. The summed E-state index contributed by atoms with van der Waals surface area (Å²) in [6.07, 6.45) is 4.49. The van der Waals surface area contributed by atoms with Gasteiger partial charge in [0.1, 0.15) is 18.0 Å². The fourth-order valence-corrected chi connectivity index (χ4v) is 1.68. The summed E-state index contributed by atoms with van der Waals surface area (Å²) in [4.78, 5) is 19.8. The maximum absolute atomic E-state index is 11.7. The van der Waals surface area contributed by atoms with Crippen LogP contribution in [0.5, 0.6) is 5.88 Å². The molecule has 94 valence electrons. The lowest BCUT2D eigenvalue weighted by molar-refractivity contribution is 0.0895. The highest BCUT2D eigenvalue weighted by Gasteiger charge is 2.21. The van der Waals surface area contributed by atoms with Gasteiger partial charge < -0.3 is 9.84 Å². The highest BCUT2D eigenvalue weighted by atomic mass is 16.5. The molecule has 0 atom stereocenters. The Balaban J connectivity index is 2.61. The number of methoxy groups -OCH3 is 1. The molecule has 0 aliphatic rings. The molecule has 0 saturated heterocycles. The van der Waals surface area contributed by atoms with E-state index in [1.54, 1.807) is 7.05 Å². The fraction of sp³-hybridized carbons (Fsp3) is 0.273. The van der Waals surface area contributed by atoms with Crippen molar-refractivity contribution in [3.63, 3.8) is 0 Å². The lowest BCUT2D eigenvalue weighted by Crippen LogP contribution is -2.12. The molecule has 0 spiro atoms. The number of nitrogens with zero attached hydrogens (tertiary/aromatic N) is 4. The third-order valence-electron chi connectivity index (χ3n) is 2.46. The van der Waals surface area contributed by atoms with Crippen LogP contribution >= 0.6 is 0 Å². The van der Waals surface area contributed by atoms with Crippen molar-refractivity contribution in [2.75, 3.05) is 13.7 Å². The van der Waals surface area contributed by atoms with Crippen molar-refractivity contribution >= 4 is 5.78 Å². The van der Waals surface area contributed by atoms with E-state index in [0.717, 1.165) is 0 Å². The Morgan fingerprint density at radius 1 is 1.44 bits per heavy atom. The monoisotopic (exact) mass is 248 g/mol. The summed E-state index contributed by atoms with van der Waals surface area (Å²) in [7, 11) is 3.09. The summed E-state index contributed by atoms with van der Waals surface area (Å²) in [5, 5.41) is 13.0. The largest absolute Gasteiger partial charge is 0.479 e. The second-order valence-corrected chi connectivity index (χ2v) is 3.53. The number of aliphatic hydroxyl groups is 1. The molecule has 0 aromatic carbocycles. The topological polar surface area (TPSA) is 90.1 Å². The number of aliphatic hydroxyl groups excluding tert-OH is 1. The zero-order valence-corrected chi connectivity index (χ0v) is 9.99. The van der Waals surface area contributed by atoms with Crippen molar-refractivity contribution in [2.45, 2.75) is 0 Å². The summed E-state index contributed by atoms with van der Waals surface area (Å²) < 4.78 is 6.48. The Morgan fingerprint density at radius 2 is 2.17 bits per heavy atom. The quantitative estimate of drug-likeness (QED) is 0.769. The smallest absolute Gasteiger partial charge is 0.240 e. The Morgan fingerprint density at radius 3 is 2.83 bits per heavy atom. The van der Waals surface area contributed by atoms with Crippen LogP contribution in [0.1, 0.15) is 10.5 Å². The van der Waals surface area contributed by atoms with Crippen LogP contribution < -0.4 is 4.74 Å². The molecule has 2 heterocycles. The van der Waals surface area contributed by atoms with E-state index < -0.39 is 12.4 Å². The SMILES string of the molecule is COc1nccnc1-c1cnn(C)c1C(=O)CO. The first-order chi connectivity index (χ1) is 8.69. The van der Waals surface area contributed by atoms with Gasteiger partial charge in [-0.05, 0) is 0 Å². The minimum Gasteiger partial charge on any atom is -0.479 e. The molecule has 0 bridgehead atoms. The maximum atomic E-state index is 11.7. The van der Waals surface area contributed by atoms with Crippen molar-refractivity contribution in [3.05, 3.63) is 24.3 Å². The lowest BCUT2D eigenvalue weighted by Gasteiger charge is -2.06. The van der Waals surface area contributed by atoms with Crippen LogP contribution in [-0.2, 0) is 7.05 Å². The van der Waals surface area contributed by atoms with Crippen LogP contribution in [0, 0.1) is 0 Å². The van der Waals surface area contributed by atoms with Crippen molar-refractivity contribution in [3.8, 4) is 17.1 Å². The van der Waals surface area contributed by atoms with Gasteiger partial charge in [0.05, 0.1) is 18.9 Å². The van der Waals surface area contributed by atoms with Crippen LogP contribution in [0.3, 0.4) is 0 Å². The van der Waals surface area contributed by atoms with E-state index in [0.29, 0.717) is 17.1 Å². The average Bonchev–Trinajstić information content (AvgIpc) is 2.79. The summed E-state index contributed by atoms with van der Waals surface area (Å²) >= 11 is 0. The van der Waals surface area contributed by atoms with E-state index in [2.05, 4.69) is 15.1 Å².